The van der Waals surface area contributed by atoms with Crippen LogP contribution in [0.5, 0.6) is 5.75 Å². The highest BCUT2D eigenvalue weighted by molar-refractivity contribution is 7.98. The fraction of sp³-hybridized carbons (Fsp3) is 0.429. The molecular weight excluding hydrogens is 499 g/mol. The fourth-order valence-electron chi connectivity index (χ4n) is 3.63. The third-order valence-electron chi connectivity index (χ3n) is 5.22. The highest BCUT2D eigenvalue weighted by Gasteiger charge is 2.36. The summed E-state index contributed by atoms with van der Waals surface area (Å²) in [6.45, 7) is 4.14. The van der Waals surface area contributed by atoms with Gasteiger partial charge < -0.3 is 24.3 Å². The van der Waals surface area contributed by atoms with Gasteiger partial charge in [-0.2, -0.15) is 4.98 Å². The molecular formula is C21H26ClN6O4PS. The second kappa shape index (κ2) is 11.2. The summed E-state index contributed by atoms with van der Waals surface area (Å²) in [6, 6.07) is 6.53. The fourth-order valence-corrected chi connectivity index (χ4v) is 5.47. The molecule has 1 saturated heterocycles. The monoisotopic (exact) mass is 524 g/mol. The van der Waals surface area contributed by atoms with E-state index >= 15 is 0 Å². The molecule has 0 saturated carbocycles. The predicted molar refractivity (Wildman–Crippen MR) is 133 cm³/mol. The number of halogens is 1. The molecule has 1 aromatic carbocycles. The summed E-state index contributed by atoms with van der Waals surface area (Å²) < 4.78 is 20.2. The number of carbonyl (C=O) groups excluding carboxylic acids is 1. The summed E-state index contributed by atoms with van der Waals surface area (Å²) in [7, 11) is -1.58. The number of imidazole rings is 1. The van der Waals surface area contributed by atoms with E-state index in [1.807, 2.05) is 10.8 Å². The molecule has 3 heterocycles. The summed E-state index contributed by atoms with van der Waals surface area (Å²) in [6.07, 6.45) is 4.76. The van der Waals surface area contributed by atoms with Gasteiger partial charge in [-0.05, 0) is 43.9 Å². The van der Waals surface area contributed by atoms with E-state index < -0.39 is 14.6 Å². The van der Waals surface area contributed by atoms with Gasteiger partial charge in [-0.3, -0.25) is 4.57 Å². The van der Waals surface area contributed by atoms with Crippen molar-refractivity contribution in [1.29, 1.82) is 0 Å². The van der Waals surface area contributed by atoms with E-state index in [4.69, 9.17) is 31.1 Å². The van der Waals surface area contributed by atoms with Crippen molar-refractivity contribution in [3.05, 3.63) is 35.6 Å². The molecule has 10 nitrogen and oxygen atoms in total. The van der Waals surface area contributed by atoms with Gasteiger partial charge in [-0.15, -0.1) is 11.8 Å². The molecule has 1 aliphatic heterocycles. The van der Waals surface area contributed by atoms with Gasteiger partial charge in [0.25, 0.3) is 0 Å². The van der Waals surface area contributed by atoms with Crippen LogP contribution in [0.15, 0.2) is 35.6 Å². The van der Waals surface area contributed by atoms with E-state index in [1.54, 1.807) is 37.5 Å². The minimum Gasteiger partial charge on any atom is -0.436 e. The largest absolute Gasteiger partial charge is 0.436 e. The second-order valence-corrected chi connectivity index (χ2v) is 10.4. The third kappa shape index (κ3) is 5.79. The number of ether oxygens (including phenoxy) is 1. The van der Waals surface area contributed by atoms with Crippen molar-refractivity contribution in [2.24, 2.45) is 5.92 Å². The quantitative estimate of drug-likeness (QED) is 0.172. The number of hydrogen-bond donors (Lipinski definition) is 2. The zero-order valence-electron chi connectivity index (χ0n) is 18.9. The van der Waals surface area contributed by atoms with E-state index in [9.17, 15) is 4.79 Å². The summed E-state index contributed by atoms with van der Waals surface area (Å²) in [5.41, 5.74) is 7.25. The van der Waals surface area contributed by atoms with Crippen LogP contribution in [0.3, 0.4) is 0 Å². The van der Waals surface area contributed by atoms with Gasteiger partial charge in [0.05, 0.1) is 25.1 Å². The van der Waals surface area contributed by atoms with Crippen LogP contribution in [0, 0.1) is 5.92 Å². The molecule has 4 unspecified atom stereocenters. The molecule has 1 fully saturated rings. The highest BCUT2D eigenvalue weighted by Crippen LogP contribution is 2.40. The number of thioether (sulfide) groups is 1. The number of nitrogens with one attached hydrogen (secondary N) is 1. The van der Waals surface area contributed by atoms with Crippen LogP contribution in [-0.2, 0) is 14.1 Å². The number of aldehydes is 1. The van der Waals surface area contributed by atoms with Gasteiger partial charge in [0.2, 0.25) is 5.95 Å². The third-order valence-corrected chi connectivity index (χ3v) is 7.52. The number of nitrogens with two attached hydrogens (primary N) is 1. The van der Waals surface area contributed by atoms with Crippen molar-refractivity contribution in [3.63, 3.8) is 0 Å². The SMILES string of the molecule is CSc1nc(N)nc2c1ncn2[C@@H]1OC(COP(NC(C)C=O)Oc2ccc(Cl)cc2)CC1C. The van der Waals surface area contributed by atoms with Crippen LogP contribution in [0.2, 0.25) is 5.02 Å². The first-order valence-corrected chi connectivity index (χ1v) is 13.4. The Hall–Kier alpha value is -2.01. The average Bonchev–Trinajstić information content (AvgIpc) is 3.40. The number of fused-ring (bicyclic) bond motifs is 1. The predicted octanol–water partition coefficient (Wildman–Crippen LogP) is 4.21. The van der Waals surface area contributed by atoms with Gasteiger partial charge >= 0.3 is 8.53 Å². The van der Waals surface area contributed by atoms with Crippen molar-refractivity contribution in [1.82, 2.24) is 24.6 Å². The molecule has 34 heavy (non-hydrogen) atoms. The first-order valence-electron chi connectivity index (χ1n) is 10.7. The van der Waals surface area contributed by atoms with Gasteiger partial charge in [0.15, 0.2) is 5.65 Å². The molecule has 182 valence electrons. The topological polar surface area (TPSA) is 126 Å². The van der Waals surface area contributed by atoms with E-state index in [-0.39, 0.29) is 24.2 Å². The van der Waals surface area contributed by atoms with Crippen LogP contribution in [-0.4, -0.2) is 50.8 Å². The molecule has 0 spiro atoms. The Balaban J connectivity index is 1.44. The summed E-state index contributed by atoms with van der Waals surface area (Å²) in [4.78, 5) is 24.3. The van der Waals surface area contributed by atoms with Crippen molar-refractivity contribution in [2.45, 2.75) is 43.7 Å². The summed E-state index contributed by atoms with van der Waals surface area (Å²) in [5, 5.41) is 4.40. The number of carbonyl (C=O) groups is 1. The lowest BCUT2D eigenvalue weighted by Crippen LogP contribution is -2.26. The molecule has 0 aliphatic carbocycles. The molecule has 13 heteroatoms. The molecule has 3 N–H and O–H groups in total. The lowest BCUT2D eigenvalue weighted by molar-refractivity contribution is -0.108. The average molecular weight is 525 g/mol. The van der Waals surface area contributed by atoms with Gasteiger partial charge in [0, 0.05) is 10.9 Å². The Labute approximate surface area is 207 Å². The minimum atomic E-state index is -1.58. The summed E-state index contributed by atoms with van der Waals surface area (Å²) >= 11 is 7.42. The molecule has 0 radical (unpaired) electrons. The Morgan fingerprint density at radius 1 is 1.41 bits per heavy atom. The van der Waals surface area contributed by atoms with Gasteiger partial charge in [0.1, 0.15) is 28.8 Å². The second-order valence-electron chi connectivity index (χ2n) is 7.93. The standard InChI is InChI=1S/C21H26ClN6O4PS/c1-12-8-16(10-30-33(27-13(2)9-29)32-15-6-4-14(22)5-7-15)31-20(12)28-11-24-17-18(28)25-21(23)26-19(17)34-3/h4-7,9,11-13,16,20,27H,8,10H2,1-3H3,(H2,23,25,26)/t12?,13?,16?,20-,33?/m1/s1. The van der Waals surface area contributed by atoms with Crippen LogP contribution >= 0.6 is 31.9 Å². The van der Waals surface area contributed by atoms with Crippen LogP contribution in [0.25, 0.3) is 11.2 Å². The van der Waals surface area contributed by atoms with Crippen molar-refractivity contribution < 1.29 is 18.6 Å². The Morgan fingerprint density at radius 3 is 2.88 bits per heavy atom. The Bertz CT molecular complexity index is 1140. The number of nitrogen functional groups attached to an aromatic ring is 1. The van der Waals surface area contributed by atoms with E-state index in [0.717, 1.165) is 17.7 Å². The maximum Gasteiger partial charge on any atom is 0.318 e. The first kappa shape index (κ1) is 25.1. The summed E-state index contributed by atoms with van der Waals surface area (Å²) in [5.74, 6) is 0.973. The van der Waals surface area contributed by atoms with Crippen LogP contribution in [0.1, 0.15) is 26.5 Å². The van der Waals surface area contributed by atoms with Gasteiger partial charge in [-0.1, -0.05) is 18.5 Å². The number of hydrogen-bond acceptors (Lipinski definition) is 10. The first-order chi connectivity index (χ1) is 16.4. The highest BCUT2D eigenvalue weighted by atomic mass is 35.5. The van der Waals surface area contributed by atoms with E-state index in [2.05, 4.69) is 27.0 Å². The minimum absolute atomic E-state index is 0.177. The molecule has 5 atom stereocenters. The molecule has 1 aliphatic rings. The molecule has 4 rings (SSSR count). The van der Waals surface area contributed by atoms with Crippen molar-refractivity contribution in [2.75, 3.05) is 18.6 Å². The van der Waals surface area contributed by atoms with E-state index in [0.29, 0.717) is 28.5 Å². The molecule has 0 amide bonds. The zero-order chi connectivity index (χ0) is 24.2. The lowest BCUT2D eigenvalue weighted by Gasteiger charge is -2.22. The number of anilines is 1. The normalized spacial score (nSPS) is 22.1. The Kier molecular flexibility index (Phi) is 8.23. The van der Waals surface area contributed by atoms with E-state index in [1.165, 1.54) is 11.8 Å². The number of nitrogens with zero attached hydrogens (tertiary/aromatic N) is 4. The van der Waals surface area contributed by atoms with Crippen LogP contribution < -0.4 is 15.3 Å². The van der Waals surface area contributed by atoms with Gasteiger partial charge in [-0.25, -0.2) is 15.1 Å². The molecule has 2 aromatic heterocycles. The number of rotatable bonds is 10. The maximum absolute atomic E-state index is 11.2. The van der Waals surface area contributed by atoms with Crippen LogP contribution in [0.4, 0.5) is 5.95 Å². The van der Waals surface area contributed by atoms with Crippen molar-refractivity contribution >= 4 is 55.3 Å². The van der Waals surface area contributed by atoms with Crippen molar-refractivity contribution in [3.8, 4) is 5.75 Å². The number of benzene rings is 1. The molecule has 3 aromatic rings. The zero-order valence-corrected chi connectivity index (χ0v) is 21.4. The maximum atomic E-state index is 11.2. The molecule has 0 bridgehead atoms. The smallest absolute Gasteiger partial charge is 0.318 e. The lowest BCUT2D eigenvalue weighted by atomic mass is 10.1. The Morgan fingerprint density at radius 2 is 2.18 bits per heavy atom. The number of aromatic nitrogens is 4.